The van der Waals surface area contributed by atoms with Gasteiger partial charge in [0.25, 0.3) is 5.91 Å². The first-order valence-electron chi connectivity index (χ1n) is 7.68. The third-order valence-corrected chi connectivity index (χ3v) is 3.55. The van der Waals surface area contributed by atoms with E-state index < -0.39 is 11.7 Å². The molecule has 5 N–H and O–H groups in total. The molecule has 8 heteroatoms. The highest BCUT2D eigenvalue weighted by Crippen LogP contribution is 2.24. The maximum absolute atomic E-state index is 13.9. The molecule has 0 aliphatic carbocycles. The third-order valence-electron chi connectivity index (χ3n) is 3.55. The molecule has 0 atom stereocenters. The summed E-state index contributed by atoms with van der Waals surface area (Å²) in [6.45, 7) is 1.83. The van der Waals surface area contributed by atoms with Crippen LogP contribution in [0.25, 0.3) is 0 Å². The Kier molecular flexibility index (Phi) is 4.66. The quantitative estimate of drug-likeness (QED) is 0.524. The van der Waals surface area contributed by atoms with Gasteiger partial charge in [-0.1, -0.05) is 6.07 Å². The molecule has 1 heterocycles. The number of rotatable bonds is 5. The summed E-state index contributed by atoms with van der Waals surface area (Å²) in [5, 5.41) is 15.1. The lowest BCUT2D eigenvalue weighted by atomic mass is 10.2. The van der Waals surface area contributed by atoms with Gasteiger partial charge in [0.15, 0.2) is 0 Å². The van der Waals surface area contributed by atoms with Gasteiger partial charge in [-0.05, 0) is 48.9 Å². The molecule has 3 aromatic rings. The summed E-state index contributed by atoms with van der Waals surface area (Å²) in [6.07, 6.45) is 1.26. The standard InChI is InChI=1S/C18H16FN5O2/c1-10-2-7-14(19)15(8-10)23-18-21-9-13(16(20)26)17(24-18)22-11-3-5-12(25)6-4-11/h2-9,25H,1H3,(H2,20,26)(H2,21,22,23,24). The Morgan fingerprint density at radius 2 is 1.88 bits per heavy atom. The number of nitrogens with zero attached hydrogens (tertiary/aromatic N) is 2. The first-order valence-corrected chi connectivity index (χ1v) is 7.68. The Balaban J connectivity index is 1.94. The molecule has 0 saturated heterocycles. The average Bonchev–Trinajstić information content (AvgIpc) is 2.60. The number of anilines is 4. The van der Waals surface area contributed by atoms with Crippen LogP contribution in [-0.4, -0.2) is 21.0 Å². The number of phenolic OH excluding ortho intramolecular Hbond substituents is 1. The minimum absolute atomic E-state index is 0.0772. The Morgan fingerprint density at radius 1 is 1.15 bits per heavy atom. The SMILES string of the molecule is Cc1ccc(F)c(Nc2ncc(C(N)=O)c(Nc3ccc(O)cc3)n2)c1. The Morgan fingerprint density at radius 3 is 2.58 bits per heavy atom. The van der Waals surface area contributed by atoms with Crippen LogP contribution < -0.4 is 16.4 Å². The number of carbonyl (C=O) groups is 1. The molecule has 26 heavy (non-hydrogen) atoms. The highest BCUT2D eigenvalue weighted by molar-refractivity contribution is 5.98. The van der Waals surface area contributed by atoms with Crippen molar-refractivity contribution in [2.45, 2.75) is 6.92 Å². The lowest BCUT2D eigenvalue weighted by Crippen LogP contribution is -2.15. The highest BCUT2D eigenvalue weighted by Gasteiger charge is 2.13. The number of benzene rings is 2. The van der Waals surface area contributed by atoms with E-state index in [9.17, 15) is 14.3 Å². The monoisotopic (exact) mass is 353 g/mol. The highest BCUT2D eigenvalue weighted by atomic mass is 19.1. The molecule has 1 amide bonds. The zero-order chi connectivity index (χ0) is 18.7. The van der Waals surface area contributed by atoms with Crippen LogP contribution in [0.4, 0.5) is 27.5 Å². The second kappa shape index (κ2) is 7.06. The Bertz CT molecular complexity index is 960. The number of aromatic hydroxyl groups is 1. The van der Waals surface area contributed by atoms with Crippen molar-refractivity contribution in [3.63, 3.8) is 0 Å². The van der Waals surface area contributed by atoms with Crippen LogP contribution in [0.3, 0.4) is 0 Å². The minimum Gasteiger partial charge on any atom is -0.508 e. The van der Waals surface area contributed by atoms with Crippen LogP contribution >= 0.6 is 0 Å². The van der Waals surface area contributed by atoms with E-state index in [0.29, 0.717) is 5.69 Å². The lowest BCUT2D eigenvalue weighted by Gasteiger charge is -2.12. The van der Waals surface area contributed by atoms with Crippen molar-refractivity contribution in [2.75, 3.05) is 10.6 Å². The zero-order valence-corrected chi connectivity index (χ0v) is 13.8. The molecule has 0 fully saturated rings. The van der Waals surface area contributed by atoms with Crippen LogP contribution in [0.1, 0.15) is 15.9 Å². The van der Waals surface area contributed by atoms with E-state index >= 15 is 0 Å². The summed E-state index contributed by atoms with van der Waals surface area (Å²) in [6, 6.07) is 10.8. The number of nitrogens with two attached hydrogens (primary N) is 1. The van der Waals surface area contributed by atoms with Crippen LogP contribution in [0.5, 0.6) is 5.75 Å². The first kappa shape index (κ1) is 17.2. The number of hydrogen-bond acceptors (Lipinski definition) is 6. The molecule has 2 aromatic carbocycles. The van der Waals surface area contributed by atoms with E-state index in [1.165, 1.54) is 24.4 Å². The molecule has 0 saturated carbocycles. The number of amides is 1. The van der Waals surface area contributed by atoms with Gasteiger partial charge in [0.1, 0.15) is 22.9 Å². The topological polar surface area (TPSA) is 113 Å². The van der Waals surface area contributed by atoms with Crippen molar-refractivity contribution < 1.29 is 14.3 Å². The average molecular weight is 353 g/mol. The maximum Gasteiger partial charge on any atom is 0.254 e. The molecule has 7 nitrogen and oxygen atoms in total. The predicted octanol–water partition coefficient (Wildman–Crippen LogP) is 3.22. The van der Waals surface area contributed by atoms with Crippen molar-refractivity contribution in [2.24, 2.45) is 5.73 Å². The van der Waals surface area contributed by atoms with Gasteiger partial charge in [-0.15, -0.1) is 0 Å². The van der Waals surface area contributed by atoms with Crippen molar-refractivity contribution in [1.82, 2.24) is 9.97 Å². The molecule has 0 aliphatic rings. The second-order valence-corrected chi connectivity index (χ2v) is 5.60. The molecule has 0 spiro atoms. The van der Waals surface area contributed by atoms with Gasteiger partial charge in [-0.25, -0.2) is 9.37 Å². The van der Waals surface area contributed by atoms with Crippen LogP contribution in [-0.2, 0) is 0 Å². The number of phenols is 1. The summed E-state index contributed by atoms with van der Waals surface area (Å²) in [4.78, 5) is 19.8. The van der Waals surface area contributed by atoms with Crippen LogP contribution in [0.2, 0.25) is 0 Å². The Labute approximate surface area is 148 Å². The van der Waals surface area contributed by atoms with Gasteiger partial charge < -0.3 is 21.5 Å². The van der Waals surface area contributed by atoms with Gasteiger partial charge in [0.05, 0.1) is 5.69 Å². The maximum atomic E-state index is 13.9. The van der Waals surface area contributed by atoms with E-state index in [0.717, 1.165) is 5.56 Å². The van der Waals surface area contributed by atoms with E-state index in [-0.39, 0.29) is 28.8 Å². The van der Waals surface area contributed by atoms with Crippen molar-refractivity contribution in [3.05, 3.63) is 65.6 Å². The Hall–Kier alpha value is -3.68. The van der Waals surface area contributed by atoms with E-state index in [2.05, 4.69) is 20.6 Å². The predicted molar refractivity (Wildman–Crippen MR) is 96.4 cm³/mol. The molecule has 132 valence electrons. The molecule has 0 aliphatic heterocycles. The fourth-order valence-corrected chi connectivity index (χ4v) is 2.25. The lowest BCUT2D eigenvalue weighted by molar-refractivity contribution is 0.100. The second-order valence-electron chi connectivity index (χ2n) is 5.60. The van der Waals surface area contributed by atoms with Gasteiger partial charge >= 0.3 is 0 Å². The molecular formula is C18H16FN5O2. The number of aryl methyl sites for hydroxylation is 1. The summed E-state index contributed by atoms with van der Waals surface area (Å²) >= 11 is 0. The number of halogens is 1. The summed E-state index contributed by atoms with van der Waals surface area (Å²) in [5.74, 6) is -0.800. The summed E-state index contributed by atoms with van der Waals surface area (Å²) in [7, 11) is 0. The zero-order valence-electron chi connectivity index (χ0n) is 13.8. The smallest absolute Gasteiger partial charge is 0.254 e. The van der Waals surface area contributed by atoms with E-state index in [1.54, 1.807) is 24.3 Å². The minimum atomic E-state index is -0.709. The van der Waals surface area contributed by atoms with Gasteiger partial charge in [-0.2, -0.15) is 4.98 Å². The molecule has 0 bridgehead atoms. The molecule has 0 radical (unpaired) electrons. The number of primary amides is 1. The summed E-state index contributed by atoms with van der Waals surface area (Å²) < 4.78 is 13.9. The van der Waals surface area contributed by atoms with Crippen molar-refractivity contribution in [3.8, 4) is 5.75 Å². The number of carbonyl (C=O) groups excluding carboxylic acids is 1. The van der Waals surface area contributed by atoms with Gasteiger partial charge in [0, 0.05) is 11.9 Å². The largest absolute Gasteiger partial charge is 0.508 e. The fourth-order valence-electron chi connectivity index (χ4n) is 2.25. The number of hydrogen-bond donors (Lipinski definition) is 4. The molecule has 1 aromatic heterocycles. The summed E-state index contributed by atoms with van der Waals surface area (Å²) in [5.41, 5.74) is 7.10. The number of aromatic nitrogens is 2. The molecule has 3 rings (SSSR count). The van der Waals surface area contributed by atoms with Gasteiger partial charge in [-0.3, -0.25) is 4.79 Å². The number of nitrogens with one attached hydrogen (secondary N) is 2. The molecule has 0 unspecified atom stereocenters. The molecular weight excluding hydrogens is 337 g/mol. The van der Waals surface area contributed by atoms with E-state index in [1.807, 2.05) is 6.92 Å². The van der Waals surface area contributed by atoms with Crippen LogP contribution in [0, 0.1) is 12.7 Å². The fraction of sp³-hybridized carbons (Fsp3) is 0.0556. The van der Waals surface area contributed by atoms with E-state index in [4.69, 9.17) is 5.73 Å². The van der Waals surface area contributed by atoms with Crippen LogP contribution in [0.15, 0.2) is 48.7 Å². The van der Waals surface area contributed by atoms with Crippen molar-refractivity contribution >= 4 is 29.0 Å². The van der Waals surface area contributed by atoms with Crippen molar-refractivity contribution in [1.29, 1.82) is 0 Å². The van der Waals surface area contributed by atoms with Gasteiger partial charge in [0.2, 0.25) is 5.95 Å². The normalized spacial score (nSPS) is 10.4. The third kappa shape index (κ3) is 3.86. The first-order chi connectivity index (χ1) is 12.4.